The number of hydrogen-bond acceptors (Lipinski definition) is 2. The number of aromatic nitrogens is 1. The fourth-order valence-corrected chi connectivity index (χ4v) is 2.50. The van der Waals surface area contributed by atoms with Gasteiger partial charge in [0.05, 0.1) is 6.10 Å². The highest BCUT2D eigenvalue weighted by atomic mass is 127. The molecule has 1 atom stereocenters. The van der Waals surface area contributed by atoms with Gasteiger partial charge in [-0.2, -0.15) is 0 Å². The van der Waals surface area contributed by atoms with E-state index >= 15 is 0 Å². The van der Waals surface area contributed by atoms with Gasteiger partial charge in [-0.05, 0) is 47.9 Å². The zero-order valence-electron chi connectivity index (χ0n) is 9.91. The molecule has 94 valence electrons. The molecule has 1 aliphatic heterocycles. The summed E-state index contributed by atoms with van der Waals surface area (Å²) in [5, 5.41) is 0. The summed E-state index contributed by atoms with van der Waals surface area (Å²) in [4.78, 5) is 16.8. The largest absolute Gasteiger partial charge is 0.376 e. The maximum Gasteiger partial charge on any atom is 0.270 e. The number of likely N-dealkylation sites (N-methyl/N-ethyl adjacent to an activating group) is 1. The van der Waals surface area contributed by atoms with Crippen molar-refractivity contribution in [3.8, 4) is 0 Å². The Morgan fingerprint density at radius 2 is 2.47 bits per heavy atom. The van der Waals surface area contributed by atoms with Gasteiger partial charge in [-0.15, -0.1) is 0 Å². The van der Waals surface area contributed by atoms with Crippen LogP contribution in [0.4, 0.5) is 0 Å². The Kier molecular flexibility index (Phi) is 4.44. The number of halogens is 1. The molecule has 0 saturated carbocycles. The standard InChI is InChI=1S/C12H17IN2O2/c1-15(8-10-4-2-3-5-17-10)12(16)11-6-9(13)7-14-11/h6-7,10,14H,2-5,8H2,1H3/t10-/m0/s1. The topological polar surface area (TPSA) is 45.3 Å². The highest BCUT2D eigenvalue weighted by molar-refractivity contribution is 14.1. The van der Waals surface area contributed by atoms with E-state index < -0.39 is 0 Å². The lowest BCUT2D eigenvalue weighted by Gasteiger charge is -2.27. The van der Waals surface area contributed by atoms with Crippen LogP contribution in [0.3, 0.4) is 0 Å². The monoisotopic (exact) mass is 348 g/mol. The van der Waals surface area contributed by atoms with E-state index in [4.69, 9.17) is 4.74 Å². The lowest BCUT2D eigenvalue weighted by molar-refractivity contribution is -0.000278. The van der Waals surface area contributed by atoms with Crippen molar-refractivity contribution in [2.24, 2.45) is 0 Å². The molecule has 1 aromatic rings. The van der Waals surface area contributed by atoms with Crippen LogP contribution in [-0.4, -0.2) is 42.1 Å². The van der Waals surface area contributed by atoms with Gasteiger partial charge in [-0.1, -0.05) is 0 Å². The van der Waals surface area contributed by atoms with E-state index in [0.29, 0.717) is 12.2 Å². The van der Waals surface area contributed by atoms with Crippen LogP contribution < -0.4 is 0 Å². The van der Waals surface area contributed by atoms with Gasteiger partial charge in [-0.3, -0.25) is 4.79 Å². The number of nitrogens with zero attached hydrogens (tertiary/aromatic N) is 1. The zero-order valence-corrected chi connectivity index (χ0v) is 12.1. The summed E-state index contributed by atoms with van der Waals surface area (Å²) >= 11 is 2.19. The van der Waals surface area contributed by atoms with E-state index in [2.05, 4.69) is 27.6 Å². The van der Waals surface area contributed by atoms with Crippen LogP contribution in [0, 0.1) is 3.57 Å². The molecule has 1 saturated heterocycles. The minimum absolute atomic E-state index is 0.0297. The first-order chi connectivity index (χ1) is 8.16. The number of nitrogens with one attached hydrogen (secondary N) is 1. The number of carbonyl (C=O) groups is 1. The summed E-state index contributed by atoms with van der Waals surface area (Å²) in [7, 11) is 1.83. The number of rotatable bonds is 3. The fourth-order valence-electron chi connectivity index (χ4n) is 2.04. The first-order valence-electron chi connectivity index (χ1n) is 5.88. The fraction of sp³-hybridized carbons (Fsp3) is 0.583. The lowest BCUT2D eigenvalue weighted by atomic mass is 10.1. The molecule has 0 unspecified atom stereocenters. The first kappa shape index (κ1) is 12.9. The molecule has 1 aliphatic rings. The van der Waals surface area contributed by atoms with Gasteiger partial charge in [0, 0.05) is 30.0 Å². The van der Waals surface area contributed by atoms with Crippen LogP contribution in [0.2, 0.25) is 0 Å². The van der Waals surface area contributed by atoms with Gasteiger partial charge < -0.3 is 14.6 Å². The highest BCUT2D eigenvalue weighted by Gasteiger charge is 2.20. The minimum Gasteiger partial charge on any atom is -0.376 e. The van der Waals surface area contributed by atoms with Gasteiger partial charge in [0.1, 0.15) is 5.69 Å². The molecule has 0 spiro atoms. The molecule has 5 heteroatoms. The molecule has 0 aromatic carbocycles. The average Bonchev–Trinajstić information content (AvgIpc) is 2.76. The van der Waals surface area contributed by atoms with Crippen molar-refractivity contribution in [3.63, 3.8) is 0 Å². The van der Waals surface area contributed by atoms with Gasteiger partial charge in [0.15, 0.2) is 0 Å². The minimum atomic E-state index is 0.0297. The molecule has 0 aliphatic carbocycles. The molecule has 0 bridgehead atoms. The quantitative estimate of drug-likeness (QED) is 0.852. The van der Waals surface area contributed by atoms with Crippen molar-refractivity contribution in [2.75, 3.05) is 20.2 Å². The van der Waals surface area contributed by atoms with Gasteiger partial charge in [-0.25, -0.2) is 0 Å². The Morgan fingerprint density at radius 1 is 1.65 bits per heavy atom. The van der Waals surface area contributed by atoms with Crippen molar-refractivity contribution in [1.82, 2.24) is 9.88 Å². The molecule has 0 radical (unpaired) electrons. The normalized spacial score (nSPS) is 20.2. The lowest BCUT2D eigenvalue weighted by Crippen LogP contribution is -2.37. The molecule has 1 N–H and O–H groups in total. The molecular formula is C12H17IN2O2. The molecular weight excluding hydrogens is 331 g/mol. The Labute approximate surface area is 115 Å². The van der Waals surface area contributed by atoms with Gasteiger partial charge in [0.25, 0.3) is 5.91 Å². The number of hydrogen-bond donors (Lipinski definition) is 1. The van der Waals surface area contributed by atoms with Crippen molar-refractivity contribution in [2.45, 2.75) is 25.4 Å². The van der Waals surface area contributed by atoms with Crippen LogP contribution in [0.15, 0.2) is 12.3 Å². The second-order valence-electron chi connectivity index (χ2n) is 4.41. The molecule has 2 heterocycles. The van der Waals surface area contributed by atoms with E-state index in [0.717, 1.165) is 23.0 Å². The summed E-state index contributed by atoms with van der Waals surface area (Å²) in [6, 6.07) is 1.86. The third-order valence-electron chi connectivity index (χ3n) is 2.98. The van der Waals surface area contributed by atoms with Crippen LogP contribution in [0.25, 0.3) is 0 Å². The molecule has 4 nitrogen and oxygen atoms in total. The third kappa shape index (κ3) is 3.45. The average molecular weight is 348 g/mol. The summed E-state index contributed by atoms with van der Waals surface area (Å²) in [5.41, 5.74) is 0.646. The second kappa shape index (κ2) is 5.86. The van der Waals surface area contributed by atoms with Crippen molar-refractivity contribution in [3.05, 3.63) is 21.5 Å². The number of aromatic amines is 1. The smallest absolute Gasteiger partial charge is 0.270 e. The van der Waals surface area contributed by atoms with E-state index in [-0.39, 0.29) is 12.0 Å². The van der Waals surface area contributed by atoms with E-state index in [1.54, 1.807) is 4.90 Å². The SMILES string of the molecule is CN(C[C@@H]1CCCCO1)C(=O)c1cc(I)c[nH]1. The maximum atomic E-state index is 12.1. The molecule has 2 rings (SSSR count). The Balaban J connectivity index is 1.90. The van der Waals surface area contributed by atoms with Crippen LogP contribution in [0.5, 0.6) is 0 Å². The highest BCUT2D eigenvalue weighted by Crippen LogP contribution is 2.15. The Morgan fingerprint density at radius 3 is 3.06 bits per heavy atom. The van der Waals surface area contributed by atoms with Crippen LogP contribution in [-0.2, 0) is 4.74 Å². The first-order valence-corrected chi connectivity index (χ1v) is 6.95. The Hall–Kier alpha value is -0.560. The molecule has 17 heavy (non-hydrogen) atoms. The van der Waals surface area contributed by atoms with E-state index in [1.807, 2.05) is 19.3 Å². The summed E-state index contributed by atoms with van der Waals surface area (Å²) in [6.07, 6.45) is 5.43. The molecule has 1 aromatic heterocycles. The summed E-state index contributed by atoms with van der Waals surface area (Å²) < 4.78 is 6.68. The summed E-state index contributed by atoms with van der Waals surface area (Å²) in [6.45, 7) is 1.50. The van der Waals surface area contributed by atoms with E-state index in [9.17, 15) is 4.79 Å². The van der Waals surface area contributed by atoms with Crippen molar-refractivity contribution >= 4 is 28.5 Å². The summed E-state index contributed by atoms with van der Waals surface area (Å²) in [5.74, 6) is 0.0297. The van der Waals surface area contributed by atoms with E-state index in [1.165, 1.54) is 6.42 Å². The number of H-pyrrole nitrogens is 1. The van der Waals surface area contributed by atoms with Crippen molar-refractivity contribution < 1.29 is 9.53 Å². The number of carbonyl (C=O) groups excluding carboxylic acids is 1. The van der Waals surface area contributed by atoms with Gasteiger partial charge in [0.2, 0.25) is 0 Å². The third-order valence-corrected chi connectivity index (χ3v) is 3.60. The maximum absolute atomic E-state index is 12.1. The van der Waals surface area contributed by atoms with Crippen LogP contribution >= 0.6 is 22.6 Å². The van der Waals surface area contributed by atoms with Gasteiger partial charge >= 0.3 is 0 Å². The Bertz CT molecular complexity index is 386. The second-order valence-corrected chi connectivity index (χ2v) is 5.65. The molecule has 1 amide bonds. The zero-order chi connectivity index (χ0) is 12.3. The van der Waals surface area contributed by atoms with Crippen molar-refractivity contribution in [1.29, 1.82) is 0 Å². The predicted octanol–water partition coefficient (Wildman–Crippen LogP) is 2.26. The predicted molar refractivity (Wildman–Crippen MR) is 74.1 cm³/mol. The number of amides is 1. The number of ether oxygens (including phenoxy) is 1. The molecule has 1 fully saturated rings. The van der Waals surface area contributed by atoms with Crippen LogP contribution in [0.1, 0.15) is 29.8 Å².